The fourth-order valence-corrected chi connectivity index (χ4v) is 11.8. The summed E-state index contributed by atoms with van der Waals surface area (Å²) < 4.78 is 71.3. The van der Waals surface area contributed by atoms with Crippen LogP contribution in [0.15, 0.2) is 162 Å². The first-order chi connectivity index (χ1) is 35.9. The average Bonchev–Trinajstić information content (AvgIpc) is 4.12. The van der Waals surface area contributed by atoms with E-state index in [1.807, 2.05) is 0 Å². The number of sulfone groups is 3. The number of amidine groups is 4. The molecule has 23 heteroatoms. The van der Waals surface area contributed by atoms with Crippen LogP contribution in [0.5, 0.6) is 0 Å². The molecule has 6 aromatic rings. The number of carboxylic acids is 3. The molecule has 6 aromatic carbocycles. The molecule has 0 spiro atoms. The lowest BCUT2D eigenvalue weighted by Crippen LogP contribution is -2.37. The highest BCUT2D eigenvalue weighted by molar-refractivity contribution is 7.93. The molecular weight excluding hydrogens is 1020 g/mol. The molecular formula is C52H58N8O12S3. The van der Waals surface area contributed by atoms with E-state index in [1.54, 1.807) is 109 Å². The molecule has 0 fully saturated rings. The fraction of sp³-hybridized carbons (Fsp3) is 0.288. The fourth-order valence-electron chi connectivity index (χ4n) is 7.97. The van der Waals surface area contributed by atoms with Gasteiger partial charge in [-0.25, -0.2) is 25.3 Å². The first-order valence-electron chi connectivity index (χ1n) is 23.8. The van der Waals surface area contributed by atoms with Gasteiger partial charge in [-0.3, -0.25) is 34.4 Å². The number of benzene rings is 6. The predicted molar refractivity (Wildman–Crippen MR) is 291 cm³/mol. The summed E-state index contributed by atoms with van der Waals surface area (Å²) >= 11 is 0. The molecule has 75 heavy (non-hydrogen) atoms. The topological polar surface area (TPSA) is 312 Å². The Bertz CT molecular complexity index is 3140. The minimum Gasteiger partial charge on any atom is -0.480 e. The van der Waals surface area contributed by atoms with Gasteiger partial charge in [0.15, 0.2) is 46.8 Å². The van der Waals surface area contributed by atoms with E-state index in [4.69, 9.17) is 15.3 Å². The quantitative estimate of drug-likeness (QED) is 0.0829. The number of hydrogen-bond donors (Lipinski definition) is 7. The predicted octanol–water partition coefficient (Wildman–Crippen LogP) is 4.63. The van der Waals surface area contributed by atoms with E-state index in [2.05, 4.69) is 41.2 Å². The van der Waals surface area contributed by atoms with Crippen molar-refractivity contribution < 1.29 is 55.0 Å². The van der Waals surface area contributed by atoms with Crippen molar-refractivity contribution in [3.63, 3.8) is 0 Å². The van der Waals surface area contributed by atoms with Gasteiger partial charge in [-0.1, -0.05) is 109 Å². The SMILES string of the molecule is C1CN=C(CC2=NCCCN2)NC1.C1CNC(CC2=NCCN2)=N1.O=C(O)CS(=O)(=O)c1cccc2ccccc12.O=C(O)CS(=O)(=O)c1cccc2ccccc12.O=C(O)CS(=O)(=O)c1cccc2ccccc12. The maximum Gasteiger partial charge on any atom is 0.319 e. The third-order valence-electron chi connectivity index (χ3n) is 11.3. The third kappa shape index (κ3) is 17.2. The Kier molecular flexibility index (Phi) is 20.3. The summed E-state index contributed by atoms with van der Waals surface area (Å²) in [5, 5.41) is 42.8. The van der Waals surface area contributed by atoms with Crippen molar-refractivity contribution in [3.8, 4) is 0 Å². The van der Waals surface area contributed by atoms with Crippen LogP contribution >= 0.6 is 0 Å². The van der Waals surface area contributed by atoms with Crippen LogP contribution in [0.1, 0.15) is 25.7 Å². The van der Waals surface area contributed by atoms with E-state index in [0.717, 1.165) is 118 Å². The highest BCUT2D eigenvalue weighted by atomic mass is 32.2. The molecule has 20 nitrogen and oxygen atoms in total. The number of aliphatic imine (C=N–C) groups is 4. The van der Waals surface area contributed by atoms with Crippen LogP contribution < -0.4 is 21.3 Å². The van der Waals surface area contributed by atoms with E-state index in [-0.39, 0.29) is 14.7 Å². The number of fused-ring (bicyclic) bond motifs is 3. The van der Waals surface area contributed by atoms with Crippen molar-refractivity contribution in [2.45, 2.75) is 40.4 Å². The van der Waals surface area contributed by atoms with Crippen LogP contribution in [0.25, 0.3) is 32.3 Å². The van der Waals surface area contributed by atoms with Gasteiger partial charge in [0, 0.05) is 55.4 Å². The maximum atomic E-state index is 11.9. The molecule has 4 aliphatic rings. The Morgan fingerprint density at radius 1 is 0.373 bits per heavy atom. The second-order valence-corrected chi connectivity index (χ2v) is 22.8. The third-order valence-corrected chi connectivity index (χ3v) is 16.2. The lowest BCUT2D eigenvalue weighted by Gasteiger charge is -2.18. The number of nitrogens with zero attached hydrogens (tertiary/aromatic N) is 4. The molecule has 396 valence electrons. The molecule has 10 rings (SSSR count). The minimum absolute atomic E-state index is 0.0676. The van der Waals surface area contributed by atoms with Gasteiger partial charge in [0.2, 0.25) is 0 Å². The Morgan fingerprint density at radius 2 is 0.640 bits per heavy atom. The Hall–Kier alpha value is -7.76. The standard InChI is InChI=1S/3C12H10O4S.C9H16N4.C7H12N4/c3*13-12(14)8-17(15,16)11-7-3-5-9-4-1-2-6-10(9)11;1-3-10-8(11-4-1)7-9-12-5-2-6-13-9;1-2-9-6(8-1)5-7-10-3-4-11-7/h3*1-7H,8H2,(H,13,14);1-7H2,(H,10,11)(H,12,13);1-5H2,(H,8,9)(H,10,11). The van der Waals surface area contributed by atoms with Crippen molar-refractivity contribution in [1.82, 2.24) is 21.3 Å². The first kappa shape index (κ1) is 56.5. The van der Waals surface area contributed by atoms with Crippen LogP contribution in [0.3, 0.4) is 0 Å². The summed E-state index contributed by atoms with van der Waals surface area (Å²) in [6, 6.07) is 35.4. The van der Waals surface area contributed by atoms with Gasteiger partial charge in [0.1, 0.15) is 23.3 Å². The minimum atomic E-state index is -3.79. The summed E-state index contributed by atoms with van der Waals surface area (Å²) in [5.41, 5.74) is 0. The summed E-state index contributed by atoms with van der Waals surface area (Å²) in [7, 11) is -11.4. The van der Waals surface area contributed by atoms with E-state index in [9.17, 15) is 39.6 Å². The van der Waals surface area contributed by atoms with E-state index in [1.165, 1.54) is 18.2 Å². The van der Waals surface area contributed by atoms with Crippen LogP contribution in [0, 0.1) is 0 Å². The summed E-state index contributed by atoms with van der Waals surface area (Å²) in [6.07, 6.45) is 4.03. The Morgan fingerprint density at radius 3 is 0.893 bits per heavy atom. The molecule has 0 atom stereocenters. The van der Waals surface area contributed by atoms with Crippen molar-refractivity contribution in [2.75, 3.05) is 69.6 Å². The van der Waals surface area contributed by atoms with E-state index < -0.39 is 64.7 Å². The molecule has 0 saturated carbocycles. The number of carboxylic acid groups (broad SMARTS) is 3. The van der Waals surface area contributed by atoms with Gasteiger partial charge >= 0.3 is 17.9 Å². The lowest BCUT2D eigenvalue weighted by atomic mass is 10.1. The van der Waals surface area contributed by atoms with Gasteiger partial charge in [0.05, 0.1) is 40.6 Å². The molecule has 4 aliphatic heterocycles. The zero-order valence-corrected chi connectivity index (χ0v) is 43.2. The normalized spacial score (nSPS) is 15.0. The zero-order valence-electron chi connectivity index (χ0n) is 40.8. The lowest BCUT2D eigenvalue weighted by molar-refractivity contribution is -0.135. The van der Waals surface area contributed by atoms with Crippen molar-refractivity contribution in [1.29, 1.82) is 0 Å². The first-order valence-corrected chi connectivity index (χ1v) is 28.7. The molecule has 0 saturated heterocycles. The number of hydrogen-bond acceptors (Lipinski definition) is 17. The van der Waals surface area contributed by atoms with Crippen LogP contribution in [-0.4, -0.2) is 151 Å². The Balaban J connectivity index is 0.000000154. The summed E-state index contributed by atoms with van der Waals surface area (Å²) in [4.78, 5) is 49.2. The second kappa shape index (κ2) is 27.0. The molecule has 4 heterocycles. The molecule has 0 bridgehead atoms. The zero-order chi connectivity index (χ0) is 53.9. The van der Waals surface area contributed by atoms with Gasteiger partial charge in [-0.15, -0.1) is 0 Å². The smallest absolute Gasteiger partial charge is 0.319 e. The maximum absolute atomic E-state index is 11.9. The van der Waals surface area contributed by atoms with Crippen LogP contribution in [0.4, 0.5) is 0 Å². The molecule has 0 amide bonds. The largest absolute Gasteiger partial charge is 0.480 e. The monoisotopic (exact) mass is 1080 g/mol. The van der Waals surface area contributed by atoms with E-state index in [0.29, 0.717) is 16.2 Å². The molecule has 0 unspecified atom stereocenters. The average molecular weight is 1080 g/mol. The van der Waals surface area contributed by atoms with Gasteiger partial charge in [-0.05, 0) is 47.2 Å². The van der Waals surface area contributed by atoms with Gasteiger partial charge < -0.3 is 36.6 Å². The Labute approximate surface area is 434 Å². The number of aliphatic carboxylic acids is 3. The highest BCUT2D eigenvalue weighted by Crippen LogP contribution is 2.26. The highest BCUT2D eigenvalue weighted by Gasteiger charge is 2.23. The summed E-state index contributed by atoms with van der Waals surface area (Å²) in [6.45, 7) is 7.87. The van der Waals surface area contributed by atoms with Gasteiger partial charge in [-0.2, -0.15) is 0 Å². The van der Waals surface area contributed by atoms with Crippen molar-refractivity contribution >= 4 is 103 Å². The molecule has 7 N–H and O–H groups in total. The van der Waals surface area contributed by atoms with Crippen molar-refractivity contribution in [3.05, 3.63) is 127 Å². The second-order valence-electron chi connectivity index (χ2n) is 17.0. The number of carbonyl (C=O) groups is 3. The molecule has 0 radical (unpaired) electrons. The summed E-state index contributed by atoms with van der Waals surface area (Å²) in [5.74, 6) is -2.35. The number of nitrogens with one attached hydrogen (secondary N) is 4. The van der Waals surface area contributed by atoms with Crippen LogP contribution in [-0.2, 0) is 43.9 Å². The van der Waals surface area contributed by atoms with Gasteiger partial charge in [0.25, 0.3) is 0 Å². The molecule has 0 aromatic heterocycles. The number of rotatable bonds is 13. The van der Waals surface area contributed by atoms with Crippen molar-refractivity contribution in [2.24, 2.45) is 20.0 Å². The van der Waals surface area contributed by atoms with Crippen LogP contribution in [0.2, 0.25) is 0 Å². The van der Waals surface area contributed by atoms with E-state index >= 15 is 0 Å². The molecule has 0 aliphatic carbocycles.